The Kier molecular flexibility index (Phi) is 5.54. The van der Waals surface area contributed by atoms with Gasteiger partial charge in [0.1, 0.15) is 0 Å². The van der Waals surface area contributed by atoms with Crippen LogP contribution in [-0.4, -0.2) is 37.0 Å². The first kappa shape index (κ1) is 20.5. The quantitative estimate of drug-likeness (QED) is 0.742. The fourth-order valence-electron chi connectivity index (χ4n) is 4.73. The fourth-order valence-corrected chi connectivity index (χ4v) is 4.73. The lowest BCUT2D eigenvalue weighted by atomic mass is 9.72. The Morgan fingerprint density at radius 2 is 1.80 bits per heavy atom. The second-order valence-corrected chi connectivity index (χ2v) is 9.08. The zero-order valence-electron chi connectivity index (χ0n) is 18.0. The van der Waals surface area contributed by atoms with Crippen LogP contribution in [0.15, 0.2) is 42.5 Å². The average molecular weight is 407 g/mol. The highest BCUT2D eigenvalue weighted by Crippen LogP contribution is 2.45. The molecule has 2 aromatic carbocycles. The van der Waals surface area contributed by atoms with Crippen LogP contribution in [0, 0.1) is 5.41 Å². The van der Waals surface area contributed by atoms with Crippen molar-refractivity contribution in [2.45, 2.75) is 45.6 Å². The number of nitrogens with zero attached hydrogens (tertiary/aromatic N) is 1. The van der Waals surface area contributed by atoms with Gasteiger partial charge in [0.2, 0.25) is 0 Å². The lowest BCUT2D eigenvalue weighted by molar-refractivity contribution is 0.0600. The number of anilines is 1. The maximum absolute atomic E-state index is 13.0. The van der Waals surface area contributed by atoms with Crippen molar-refractivity contribution in [2.75, 3.05) is 25.5 Å². The van der Waals surface area contributed by atoms with Crippen LogP contribution < -0.4 is 5.32 Å². The number of hydrogen-bond donors (Lipinski definition) is 1. The molecule has 0 bridgehead atoms. The summed E-state index contributed by atoms with van der Waals surface area (Å²) < 4.78 is 4.86. The number of fused-ring (bicyclic) bond motifs is 1. The number of amides is 1. The monoisotopic (exact) mass is 406 g/mol. The molecule has 2 aliphatic heterocycles. The largest absolute Gasteiger partial charge is 0.465 e. The number of rotatable bonds is 3. The SMILES string of the molecule is COC(=O)c1ccc2c(c1)CC(C)(C)C(c1cccc(C(=O)N3CCCCC3)c1)N2. The van der Waals surface area contributed by atoms with E-state index >= 15 is 0 Å². The Hall–Kier alpha value is -2.82. The van der Waals surface area contributed by atoms with Gasteiger partial charge in [-0.2, -0.15) is 0 Å². The summed E-state index contributed by atoms with van der Waals surface area (Å²) in [6.45, 7) is 6.15. The summed E-state index contributed by atoms with van der Waals surface area (Å²) in [4.78, 5) is 26.9. The van der Waals surface area contributed by atoms with E-state index in [4.69, 9.17) is 4.74 Å². The molecule has 0 saturated carbocycles. The maximum atomic E-state index is 13.0. The van der Waals surface area contributed by atoms with Gasteiger partial charge in [-0.25, -0.2) is 4.79 Å². The number of nitrogens with one attached hydrogen (secondary N) is 1. The van der Waals surface area contributed by atoms with E-state index in [0.29, 0.717) is 5.56 Å². The number of piperidine rings is 1. The molecule has 0 aromatic heterocycles. The highest BCUT2D eigenvalue weighted by Gasteiger charge is 2.36. The van der Waals surface area contributed by atoms with Crippen molar-refractivity contribution in [3.05, 3.63) is 64.7 Å². The Bertz CT molecular complexity index is 961. The van der Waals surface area contributed by atoms with E-state index in [2.05, 4.69) is 25.2 Å². The molecule has 30 heavy (non-hydrogen) atoms. The molecule has 2 heterocycles. The number of methoxy groups -OCH3 is 1. The van der Waals surface area contributed by atoms with E-state index in [-0.39, 0.29) is 23.3 Å². The van der Waals surface area contributed by atoms with Crippen molar-refractivity contribution in [1.82, 2.24) is 4.90 Å². The zero-order chi connectivity index (χ0) is 21.3. The van der Waals surface area contributed by atoms with Gasteiger partial charge in [-0.05, 0) is 72.6 Å². The van der Waals surface area contributed by atoms with Gasteiger partial charge in [0.15, 0.2) is 0 Å². The molecule has 2 aromatic rings. The summed E-state index contributed by atoms with van der Waals surface area (Å²) in [6, 6.07) is 13.8. The molecule has 1 saturated heterocycles. The van der Waals surface area contributed by atoms with Gasteiger partial charge < -0.3 is 15.0 Å². The van der Waals surface area contributed by atoms with Crippen LogP contribution in [0.2, 0.25) is 0 Å². The third kappa shape index (κ3) is 3.93. The molecule has 1 amide bonds. The number of ether oxygens (including phenoxy) is 1. The summed E-state index contributed by atoms with van der Waals surface area (Å²) >= 11 is 0. The first-order chi connectivity index (χ1) is 14.4. The third-order valence-electron chi connectivity index (χ3n) is 6.36. The van der Waals surface area contributed by atoms with Gasteiger partial charge in [-0.3, -0.25) is 4.79 Å². The topological polar surface area (TPSA) is 58.6 Å². The van der Waals surface area contributed by atoms with Crippen molar-refractivity contribution >= 4 is 17.6 Å². The predicted molar refractivity (Wildman–Crippen MR) is 118 cm³/mol. The first-order valence-electron chi connectivity index (χ1n) is 10.8. The van der Waals surface area contributed by atoms with E-state index in [1.165, 1.54) is 13.5 Å². The van der Waals surface area contributed by atoms with E-state index in [1.54, 1.807) is 6.07 Å². The minimum atomic E-state index is -0.318. The second-order valence-electron chi connectivity index (χ2n) is 9.08. The molecular formula is C25H30N2O3. The fraction of sp³-hybridized carbons (Fsp3) is 0.440. The van der Waals surface area contributed by atoms with Gasteiger partial charge in [-0.15, -0.1) is 0 Å². The summed E-state index contributed by atoms with van der Waals surface area (Å²) in [5.74, 6) is -0.185. The highest BCUT2D eigenvalue weighted by atomic mass is 16.5. The number of carbonyl (C=O) groups excluding carboxylic acids is 2. The predicted octanol–water partition coefficient (Wildman–Crippen LogP) is 4.83. The standard InChI is InChI=1S/C25H30N2O3/c1-25(2)16-20-15-19(24(29)30-3)10-11-21(20)26-22(25)17-8-7-9-18(14-17)23(28)27-12-5-4-6-13-27/h7-11,14-15,22,26H,4-6,12-13,16H2,1-3H3. The Morgan fingerprint density at radius 3 is 2.53 bits per heavy atom. The van der Waals surface area contributed by atoms with Crippen molar-refractivity contribution < 1.29 is 14.3 Å². The van der Waals surface area contributed by atoms with Crippen LogP contribution in [0.25, 0.3) is 0 Å². The van der Waals surface area contributed by atoms with Crippen LogP contribution >= 0.6 is 0 Å². The molecule has 0 radical (unpaired) electrons. The Balaban J connectivity index is 1.61. The summed E-state index contributed by atoms with van der Waals surface area (Å²) in [7, 11) is 1.40. The van der Waals surface area contributed by atoms with Crippen molar-refractivity contribution in [3.63, 3.8) is 0 Å². The molecule has 0 spiro atoms. The number of esters is 1. The minimum Gasteiger partial charge on any atom is -0.465 e. The summed E-state index contributed by atoms with van der Waals surface area (Å²) in [6.07, 6.45) is 4.22. The normalized spacial score (nSPS) is 20.1. The van der Waals surface area contributed by atoms with Gasteiger partial charge in [-0.1, -0.05) is 26.0 Å². The molecule has 1 atom stereocenters. The molecule has 0 aliphatic carbocycles. The van der Waals surface area contributed by atoms with E-state index in [0.717, 1.165) is 54.7 Å². The number of likely N-dealkylation sites (tertiary alicyclic amines) is 1. The van der Waals surface area contributed by atoms with Crippen LogP contribution in [0.3, 0.4) is 0 Å². The van der Waals surface area contributed by atoms with Crippen molar-refractivity contribution in [3.8, 4) is 0 Å². The van der Waals surface area contributed by atoms with E-state index in [1.807, 2.05) is 35.2 Å². The van der Waals surface area contributed by atoms with Gasteiger partial charge in [0.25, 0.3) is 5.91 Å². The number of benzene rings is 2. The molecule has 158 valence electrons. The molecule has 5 nitrogen and oxygen atoms in total. The summed E-state index contributed by atoms with van der Waals surface area (Å²) in [5.41, 5.74) is 4.50. The third-order valence-corrected chi connectivity index (χ3v) is 6.36. The van der Waals surface area contributed by atoms with Gasteiger partial charge in [0.05, 0.1) is 18.7 Å². The molecule has 2 aliphatic rings. The minimum absolute atomic E-state index is 0.0723. The zero-order valence-corrected chi connectivity index (χ0v) is 18.0. The lowest BCUT2D eigenvalue weighted by Crippen LogP contribution is -2.36. The van der Waals surface area contributed by atoms with Crippen LogP contribution in [0.4, 0.5) is 5.69 Å². The highest BCUT2D eigenvalue weighted by molar-refractivity contribution is 5.94. The average Bonchev–Trinajstić information content (AvgIpc) is 2.77. The first-order valence-corrected chi connectivity index (χ1v) is 10.8. The molecule has 1 fully saturated rings. The lowest BCUT2D eigenvalue weighted by Gasteiger charge is -2.41. The van der Waals surface area contributed by atoms with E-state index < -0.39 is 0 Å². The molecule has 4 rings (SSSR count). The summed E-state index contributed by atoms with van der Waals surface area (Å²) in [5, 5.41) is 3.66. The smallest absolute Gasteiger partial charge is 0.337 e. The van der Waals surface area contributed by atoms with Crippen LogP contribution in [0.1, 0.15) is 71.0 Å². The van der Waals surface area contributed by atoms with Crippen molar-refractivity contribution in [2.24, 2.45) is 5.41 Å². The van der Waals surface area contributed by atoms with Crippen LogP contribution in [0.5, 0.6) is 0 Å². The van der Waals surface area contributed by atoms with Gasteiger partial charge >= 0.3 is 5.97 Å². The molecule has 5 heteroatoms. The van der Waals surface area contributed by atoms with Crippen molar-refractivity contribution in [1.29, 1.82) is 0 Å². The maximum Gasteiger partial charge on any atom is 0.337 e. The molecule has 1 N–H and O–H groups in total. The van der Waals surface area contributed by atoms with Gasteiger partial charge in [0, 0.05) is 24.3 Å². The molecular weight excluding hydrogens is 376 g/mol. The van der Waals surface area contributed by atoms with E-state index in [9.17, 15) is 9.59 Å². The van der Waals surface area contributed by atoms with Crippen LogP contribution in [-0.2, 0) is 11.2 Å². The number of carbonyl (C=O) groups is 2. The molecule has 1 unspecified atom stereocenters. The number of hydrogen-bond acceptors (Lipinski definition) is 4. The second kappa shape index (κ2) is 8.13. The Morgan fingerprint density at radius 1 is 1.03 bits per heavy atom. The Labute approximate surface area is 178 Å².